The van der Waals surface area contributed by atoms with Crippen LogP contribution in [-0.2, 0) is 42.6 Å². The van der Waals surface area contributed by atoms with E-state index in [-0.39, 0.29) is 44.8 Å². The second-order valence-electron chi connectivity index (χ2n) is 16.5. The summed E-state index contributed by atoms with van der Waals surface area (Å²) in [5.74, 6) is -1.65. The minimum Gasteiger partial charge on any atom is -0.466 e. The average Bonchev–Trinajstić information content (AvgIpc) is 3.24. The highest BCUT2D eigenvalue weighted by Crippen LogP contribution is 2.38. The highest BCUT2D eigenvalue weighted by molar-refractivity contribution is 6.99. The fourth-order valence-corrected chi connectivity index (χ4v) is 11.6. The summed E-state index contributed by atoms with van der Waals surface area (Å²) in [6.45, 7) is 11.6. The van der Waals surface area contributed by atoms with Crippen molar-refractivity contribution in [2.45, 2.75) is 168 Å². The number of benzene rings is 2. The van der Waals surface area contributed by atoms with Crippen molar-refractivity contribution in [1.29, 1.82) is 0 Å². The van der Waals surface area contributed by atoms with Gasteiger partial charge in [0.2, 0.25) is 0 Å². The third-order valence-electron chi connectivity index (χ3n) is 10.4. The number of hydrogen-bond acceptors (Lipinski definition) is 9. The molecule has 0 aliphatic rings. The molecule has 0 bridgehead atoms. The summed E-state index contributed by atoms with van der Waals surface area (Å²) in [5, 5.41) is 1.51. The topological polar surface area (TPSA) is 114 Å². The molecule has 0 aliphatic carbocycles. The Hall–Kier alpha value is -4.02. The molecule has 2 aromatic carbocycles. The van der Waals surface area contributed by atoms with Gasteiger partial charge in [-0.05, 0) is 79.6 Å². The molecule has 0 saturated carbocycles. The Balaban J connectivity index is 1.97. The van der Waals surface area contributed by atoms with Crippen molar-refractivity contribution in [2.75, 3.05) is 26.4 Å². The van der Waals surface area contributed by atoms with Crippen LogP contribution in [0.3, 0.4) is 0 Å². The summed E-state index contributed by atoms with van der Waals surface area (Å²) in [7, 11) is -3.23. The van der Waals surface area contributed by atoms with Gasteiger partial charge < -0.3 is 23.4 Å². The minimum absolute atomic E-state index is 0.127. The lowest BCUT2D eigenvalue weighted by atomic mass is 10.1. The zero-order valence-electron chi connectivity index (χ0n) is 37.6. The Morgan fingerprint density at radius 2 is 0.983 bits per heavy atom. The van der Waals surface area contributed by atoms with Crippen LogP contribution in [0.4, 0.5) is 0 Å². The minimum atomic E-state index is -3.23. The van der Waals surface area contributed by atoms with E-state index in [9.17, 15) is 19.2 Å². The summed E-state index contributed by atoms with van der Waals surface area (Å²) >= 11 is 0. The highest BCUT2D eigenvalue weighted by Gasteiger charge is 2.52. The van der Waals surface area contributed by atoms with E-state index in [1.807, 2.05) is 72.8 Å². The predicted molar refractivity (Wildman–Crippen MR) is 244 cm³/mol. The van der Waals surface area contributed by atoms with Crippen LogP contribution in [0, 0.1) is 0 Å². The molecule has 60 heavy (non-hydrogen) atoms. The van der Waals surface area contributed by atoms with Gasteiger partial charge in [-0.25, -0.2) is 4.79 Å². The molecule has 0 amide bonds. The number of carbonyl (C=O) groups is 4. The van der Waals surface area contributed by atoms with Crippen molar-refractivity contribution < 1.29 is 42.6 Å². The summed E-state index contributed by atoms with van der Waals surface area (Å²) in [6, 6.07) is 19.9. The zero-order valence-corrected chi connectivity index (χ0v) is 38.6. The van der Waals surface area contributed by atoms with E-state index in [1.165, 1.54) is 38.5 Å². The first-order valence-electron chi connectivity index (χ1n) is 22.8. The van der Waals surface area contributed by atoms with Gasteiger partial charge in [-0.1, -0.05) is 158 Å². The number of esters is 4. The number of unbranched alkanes of at least 4 members (excludes halogenated alkanes) is 12. The first-order chi connectivity index (χ1) is 29.0. The maximum Gasteiger partial charge on any atom is 0.334 e. The van der Waals surface area contributed by atoms with E-state index in [1.54, 1.807) is 0 Å². The van der Waals surface area contributed by atoms with Crippen LogP contribution in [-0.4, -0.2) is 64.7 Å². The van der Waals surface area contributed by atoms with Gasteiger partial charge in [0.25, 0.3) is 8.32 Å². The smallest absolute Gasteiger partial charge is 0.334 e. The van der Waals surface area contributed by atoms with E-state index in [2.05, 4.69) is 46.8 Å². The molecule has 9 nitrogen and oxygen atoms in total. The van der Waals surface area contributed by atoms with Crippen LogP contribution in [0.5, 0.6) is 0 Å². The van der Waals surface area contributed by atoms with Crippen molar-refractivity contribution in [3.63, 3.8) is 0 Å². The van der Waals surface area contributed by atoms with E-state index >= 15 is 0 Å². The lowest BCUT2D eigenvalue weighted by molar-refractivity contribution is -0.159. The van der Waals surface area contributed by atoms with Crippen molar-refractivity contribution in [2.24, 2.45) is 0 Å². The SMILES string of the molecule is CCCCCC/C=C\COC(=O)CCCCCOC(=O)CC(O[Si](c1ccccc1)(c1ccccc1)C(C)(C)C)C(=O)OCCCCCC(=O)OC/C=C\CCCCCC. The number of rotatable bonds is 33. The molecular weight excluding hydrogens is 773 g/mol. The monoisotopic (exact) mass is 849 g/mol. The molecule has 0 fully saturated rings. The normalized spacial score (nSPS) is 12.4. The summed E-state index contributed by atoms with van der Waals surface area (Å²) < 4.78 is 29.1. The second-order valence-corrected chi connectivity index (χ2v) is 20.7. The maximum absolute atomic E-state index is 13.9. The van der Waals surface area contributed by atoms with Crippen molar-refractivity contribution in [1.82, 2.24) is 0 Å². The Kier molecular flexibility index (Phi) is 27.6. The van der Waals surface area contributed by atoms with Gasteiger partial charge >= 0.3 is 23.9 Å². The average molecular weight is 849 g/mol. The molecule has 1 unspecified atom stereocenters. The van der Waals surface area contributed by atoms with E-state index < -0.39 is 31.4 Å². The second kappa shape index (κ2) is 31.8. The van der Waals surface area contributed by atoms with Gasteiger partial charge in [0.15, 0.2) is 6.10 Å². The number of allylic oxidation sites excluding steroid dienone is 2. The van der Waals surface area contributed by atoms with E-state index in [0.717, 1.165) is 36.1 Å². The van der Waals surface area contributed by atoms with Crippen LogP contribution < -0.4 is 10.4 Å². The molecule has 0 saturated heterocycles. The molecule has 0 aromatic heterocycles. The Morgan fingerprint density at radius 1 is 0.533 bits per heavy atom. The third kappa shape index (κ3) is 21.5. The lowest BCUT2D eigenvalue weighted by Gasteiger charge is -2.44. The first-order valence-corrected chi connectivity index (χ1v) is 24.7. The number of ether oxygens (including phenoxy) is 4. The van der Waals surface area contributed by atoms with Gasteiger partial charge in [-0.15, -0.1) is 0 Å². The molecule has 334 valence electrons. The maximum atomic E-state index is 13.9. The third-order valence-corrected chi connectivity index (χ3v) is 15.4. The van der Waals surface area contributed by atoms with Crippen molar-refractivity contribution >= 4 is 42.6 Å². The molecule has 10 heteroatoms. The Labute approximate surface area is 363 Å². The van der Waals surface area contributed by atoms with Crippen LogP contribution in [0.25, 0.3) is 0 Å². The highest BCUT2D eigenvalue weighted by atomic mass is 28.4. The molecule has 2 rings (SSSR count). The molecular formula is C50H76O9Si. The largest absolute Gasteiger partial charge is 0.466 e. The molecule has 1 atom stereocenters. The number of hydrogen-bond donors (Lipinski definition) is 0. The van der Waals surface area contributed by atoms with Crippen LogP contribution in [0.2, 0.25) is 5.04 Å². The fraction of sp³-hybridized carbons (Fsp3) is 0.600. The van der Waals surface area contributed by atoms with Crippen molar-refractivity contribution in [3.8, 4) is 0 Å². The molecule has 0 heterocycles. The zero-order chi connectivity index (χ0) is 43.7. The standard InChI is InChI=1S/C50H76O9Si/c1-6-8-10-12-14-16-28-38-55-46(51)36-26-20-30-40-57-48(53)42-45(49(54)58-41-31-21-27-37-47(52)56-39-29-17-15-13-11-9-7-2)59-60(50(3,4)5,43-32-22-18-23-33-43)44-34-24-19-25-35-44/h16-19,22-25,28-29,32-35,45H,6-15,20-21,26-27,30-31,36-42H2,1-5H3/b28-16-,29-17-. The predicted octanol–water partition coefficient (Wildman–Crippen LogP) is 10.7. The number of carbonyl (C=O) groups excluding carboxylic acids is 4. The molecule has 0 spiro atoms. The first kappa shape index (κ1) is 52.1. The van der Waals surface area contributed by atoms with E-state index in [0.29, 0.717) is 51.4 Å². The summed E-state index contributed by atoms with van der Waals surface area (Å²) in [5.41, 5.74) is 0. The molecule has 0 aliphatic heterocycles. The quantitative estimate of drug-likeness (QED) is 0.0228. The summed E-state index contributed by atoms with van der Waals surface area (Å²) in [4.78, 5) is 51.7. The molecule has 0 radical (unpaired) electrons. The van der Waals surface area contributed by atoms with Crippen molar-refractivity contribution in [3.05, 3.63) is 85.0 Å². The van der Waals surface area contributed by atoms with Gasteiger partial charge in [0.1, 0.15) is 13.2 Å². The van der Waals surface area contributed by atoms with Gasteiger partial charge in [-0.3, -0.25) is 14.4 Å². The van der Waals surface area contributed by atoms with Gasteiger partial charge in [-0.2, -0.15) is 0 Å². The molecule has 0 N–H and O–H groups in total. The van der Waals surface area contributed by atoms with Crippen LogP contribution in [0.15, 0.2) is 85.0 Å². The van der Waals surface area contributed by atoms with E-state index in [4.69, 9.17) is 23.4 Å². The lowest BCUT2D eigenvalue weighted by Crippen LogP contribution is -2.68. The molecule has 2 aromatic rings. The van der Waals surface area contributed by atoms with Gasteiger partial charge in [0, 0.05) is 12.8 Å². The Morgan fingerprint density at radius 3 is 1.43 bits per heavy atom. The van der Waals surface area contributed by atoms with Crippen LogP contribution in [0.1, 0.15) is 157 Å². The fourth-order valence-electron chi connectivity index (χ4n) is 7.01. The summed E-state index contributed by atoms with van der Waals surface area (Å²) in [6.07, 6.45) is 22.4. The Bertz CT molecular complexity index is 1480. The van der Waals surface area contributed by atoms with Gasteiger partial charge in [0.05, 0.1) is 19.6 Å². The van der Waals surface area contributed by atoms with Crippen LogP contribution >= 0.6 is 0 Å².